The molecule has 3 aromatic heterocycles. The number of hydrogen-bond donors (Lipinski definition) is 0. The average Bonchev–Trinajstić information content (AvgIpc) is 3.82. The maximum Gasteiger partial charge on any atom is 0.210 e. The van der Waals surface area contributed by atoms with Crippen LogP contribution in [-0.2, 0) is 0 Å². The summed E-state index contributed by atoms with van der Waals surface area (Å²) in [6.45, 7) is 8.16. The van der Waals surface area contributed by atoms with Crippen molar-refractivity contribution in [3.63, 3.8) is 0 Å². The summed E-state index contributed by atoms with van der Waals surface area (Å²) in [6.07, 6.45) is 0. The SMILES string of the molecule is [C-]#[N+]c1ccc(-c2ccc(C#N)cc2-n2c3ccccc3c3ccc4c5ccccc5sc4c32)cc1-n1c2ccccc2c2ccccc21. The molecule has 0 saturated heterocycles. The Balaban J connectivity index is 1.31. The molecule has 0 atom stereocenters. The van der Waals surface area contributed by atoms with Gasteiger partial charge in [0.1, 0.15) is 0 Å². The van der Waals surface area contributed by atoms with Crippen LogP contribution < -0.4 is 0 Å². The van der Waals surface area contributed by atoms with Crippen LogP contribution >= 0.6 is 11.3 Å². The fourth-order valence-electron chi connectivity index (χ4n) is 7.66. The van der Waals surface area contributed by atoms with E-state index in [1.165, 1.54) is 30.9 Å². The normalized spacial score (nSPS) is 11.6. The highest BCUT2D eigenvalue weighted by molar-refractivity contribution is 7.26. The molecule has 0 amide bonds. The third-order valence-electron chi connectivity index (χ3n) is 9.78. The minimum Gasteiger partial charge on any atom is -0.319 e. The number of aromatic nitrogens is 2. The van der Waals surface area contributed by atoms with Gasteiger partial charge in [-0.3, -0.25) is 0 Å². The zero-order chi connectivity index (χ0) is 32.6. The van der Waals surface area contributed by atoms with Crippen LogP contribution in [0.3, 0.4) is 0 Å². The molecular formula is C44H24N4S. The first-order valence-corrected chi connectivity index (χ1v) is 16.9. The van der Waals surface area contributed by atoms with Gasteiger partial charge in [0.15, 0.2) is 0 Å². The minimum atomic E-state index is 0.578. The first kappa shape index (κ1) is 27.5. The summed E-state index contributed by atoms with van der Waals surface area (Å²) in [5.74, 6) is 0. The zero-order valence-electron chi connectivity index (χ0n) is 26.1. The van der Waals surface area contributed by atoms with Gasteiger partial charge in [-0.05, 0) is 48.0 Å². The minimum absolute atomic E-state index is 0.578. The lowest BCUT2D eigenvalue weighted by atomic mass is 9.99. The molecule has 0 aliphatic rings. The highest BCUT2D eigenvalue weighted by Gasteiger charge is 2.21. The second kappa shape index (κ2) is 10.4. The molecule has 0 aliphatic carbocycles. The van der Waals surface area contributed by atoms with E-state index in [1.807, 2.05) is 35.6 Å². The van der Waals surface area contributed by atoms with E-state index in [2.05, 4.69) is 141 Å². The third kappa shape index (κ3) is 3.88. The van der Waals surface area contributed by atoms with E-state index in [4.69, 9.17) is 6.57 Å². The van der Waals surface area contributed by atoms with Crippen molar-refractivity contribution in [3.05, 3.63) is 163 Å². The maximum absolute atomic E-state index is 10.2. The molecule has 226 valence electrons. The van der Waals surface area contributed by atoms with Crippen molar-refractivity contribution in [2.45, 2.75) is 0 Å². The molecule has 5 heteroatoms. The molecule has 0 saturated carbocycles. The van der Waals surface area contributed by atoms with Crippen LogP contribution in [0.4, 0.5) is 5.69 Å². The molecule has 0 fully saturated rings. The van der Waals surface area contributed by atoms with Gasteiger partial charge in [-0.2, -0.15) is 5.26 Å². The number of nitriles is 1. The van der Waals surface area contributed by atoms with E-state index in [1.54, 1.807) is 0 Å². The Kier molecular flexibility index (Phi) is 5.84. The Hall–Kier alpha value is -6.66. The molecule has 0 aliphatic heterocycles. The van der Waals surface area contributed by atoms with Gasteiger partial charge in [-0.25, -0.2) is 4.85 Å². The predicted molar refractivity (Wildman–Crippen MR) is 204 cm³/mol. The second-order valence-corrected chi connectivity index (χ2v) is 13.4. The van der Waals surface area contributed by atoms with Crippen molar-refractivity contribution in [1.82, 2.24) is 9.13 Å². The van der Waals surface area contributed by atoms with Gasteiger partial charge in [-0.1, -0.05) is 103 Å². The van der Waals surface area contributed by atoms with E-state index in [9.17, 15) is 5.26 Å². The molecule has 0 bridgehead atoms. The van der Waals surface area contributed by atoms with Crippen LogP contribution in [0.1, 0.15) is 5.56 Å². The lowest BCUT2D eigenvalue weighted by Crippen LogP contribution is -2.00. The fourth-order valence-corrected chi connectivity index (χ4v) is 8.90. The summed E-state index contributed by atoms with van der Waals surface area (Å²) in [5.41, 5.74) is 9.21. The smallest absolute Gasteiger partial charge is 0.210 e. The van der Waals surface area contributed by atoms with Crippen molar-refractivity contribution in [1.29, 1.82) is 5.26 Å². The fraction of sp³-hybridized carbons (Fsp3) is 0. The van der Waals surface area contributed by atoms with E-state index in [0.717, 1.165) is 55.3 Å². The molecule has 10 aromatic rings. The Morgan fingerprint density at radius 2 is 1.16 bits per heavy atom. The summed E-state index contributed by atoms with van der Waals surface area (Å²) in [6, 6.07) is 52.8. The Morgan fingerprint density at radius 1 is 0.551 bits per heavy atom. The number of rotatable bonds is 3. The van der Waals surface area contributed by atoms with Crippen LogP contribution in [0.15, 0.2) is 146 Å². The lowest BCUT2D eigenvalue weighted by molar-refractivity contribution is 1.17. The van der Waals surface area contributed by atoms with Crippen molar-refractivity contribution in [3.8, 4) is 28.6 Å². The van der Waals surface area contributed by atoms with Crippen LogP contribution in [0.5, 0.6) is 0 Å². The quantitative estimate of drug-likeness (QED) is 0.177. The Morgan fingerprint density at radius 3 is 1.86 bits per heavy atom. The average molecular weight is 641 g/mol. The van der Waals surface area contributed by atoms with Crippen molar-refractivity contribution in [2.24, 2.45) is 0 Å². The maximum atomic E-state index is 10.2. The number of benzene rings is 7. The largest absolute Gasteiger partial charge is 0.319 e. The van der Waals surface area contributed by atoms with Crippen LogP contribution in [0, 0.1) is 17.9 Å². The summed E-state index contributed by atoms with van der Waals surface area (Å²) < 4.78 is 7.03. The first-order valence-electron chi connectivity index (χ1n) is 16.1. The molecule has 0 unspecified atom stereocenters. The molecule has 0 radical (unpaired) electrons. The summed E-state index contributed by atoms with van der Waals surface area (Å²) >= 11 is 1.81. The number of hydrogen-bond acceptors (Lipinski definition) is 2. The summed E-state index contributed by atoms with van der Waals surface area (Å²) in [4.78, 5) is 3.99. The molecule has 0 spiro atoms. The summed E-state index contributed by atoms with van der Waals surface area (Å²) in [7, 11) is 0. The second-order valence-electron chi connectivity index (χ2n) is 12.3. The lowest BCUT2D eigenvalue weighted by Gasteiger charge is -2.17. The van der Waals surface area contributed by atoms with Gasteiger partial charge in [0.2, 0.25) is 5.69 Å². The van der Waals surface area contributed by atoms with Gasteiger partial charge < -0.3 is 9.13 Å². The number of fused-ring (bicyclic) bond motifs is 10. The highest BCUT2D eigenvalue weighted by atomic mass is 32.1. The number of thiophene rings is 1. The standard InChI is InChI=1S/C44H24N4S/c1-46-36-23-19-28(25-41(36)47-37-14-6-2-10-30(37)31-11-3-7-15-38(31)47)29-20-18-27(26-45)24-40(29)48-39-16-8-4-12-32(39)34-21-22-35-33-13-5-9-17-42(33)49-44(35)43(34)48/h2-25H. The molecule has 4 nitrogen and oxygen atoms in total. The zero-order valence-corrected chi connectivity index (χ0v) is 26.9. The van der Waals surface area contributed by atoms with E-state index >= 15 is 0 Å². The summed E-state index contributed by atoms with van der Waals surface area (Å²) in [5, 5.41) is 17.3. The van der Waals surface area contributed by atoms with Gasteiger partial charge >= 0.3 is 0 Å². The first-order chi connectivity index (χ1) is 24.2. The molecule has 49 heavy (non-hydrogen) atoms. The van der Waals surface area contributed by atoms with Crippen molar-refractivity contribution >= 4 is 80.8 Å². The van der Waals surface area contributed by atoms with Crippen molar-refractivity contribution in [2.75, 3.05) is 0 Å². The van der Waals surface area contributed by atoms with Crippen LogP contribution in [0.25, 0.3) is 91.1 Å². The van der Waals surface area contributed by atoms with Gasteiger partial charge in [0, 0.05) is 42.6 Å². The molecule has 0 N–H and O–H groups in total. The third-order valence-corrected chi connectivity index (χ3v) is 11.0. The number of nitrogens with zero attached hydrogens (tertiary/aromatic N) is 4. The van der Waals surface area contributed by atoms with Gasteiger partial charge in [0.05, 0.1) is 56.3 Å². The predicted octanol–water partition coefficient (Wildman–Crippen LogP) is 12.3. The van der Waals surface area contributed by atoms with Gasteiger partial charge in [0.25, 0.3) is 0 Å². The van der Waals surface area contributed by atoms with Crippen molar-refractivity contribution < 1.29 is 0 Å². The van der Waals surface area contributed by atoms with Crippen LogP contribution in [-0.4, -0.2) is 9.13 Å². The Labute approximate surface area is 285 Å². The van der Waals surface area contributed by atoms with Gasteiger partial charge in [-0.15, -0.1) is 11.3 Å². The van der Waals surface area contributed by atoms with E-state index < -0.39 is 0 Å². The number of para-hydroxylation sites is 3. The topological polar surface area (TPSA) is 38.0 Å². The molecule has 7 aromatic carbocycles. The molecule has 10 rings (SSSR count). The molecular weight excluding hydrogens is 617 g/mol. The monoisotopic (exact) mass is 640 g/mol. The van der Waals surface area contributed by atoms with E-state index in [-0.39, 0.29) is 0 Å². The molecule has 3 heterocycles. The van der Waals surface area contributed by atoms with E-state index in [0.29, 0.717) is 11.3 Å². The highest BCUT2D eigenvalue weighted by Crippen LogP contribution is 2.45. The van der Waals surface area contributed by atoms with Crippen LogP contribution in [0.2, 0.25) is 0 Å². The Bertz CT molecular complexity index is 3030.